The van der Waals surface area contributed by atoms with E-state index in [-0.39, 0.29) is 11.8 Å². The molecule has 0 saturated carbocycles. The number of benzene rings is 1. The molecule has 0 bridgehead atoms. The number of nitrogens with zero attached hydrogens (tertiary/aromatic N) is 1. The lowest BCUT2D eigenvalue weighted by Crippen LogP contribution is -2.32. The molecule has 0 aromatic heterocycles. The van der Waals surface area contributed by atoms with E-state index in [9.17, 15) is 9.59 Å². The van der Waals surface area contributed by atoms with Crippen LogP contribution in [0.3, 0.4) is 0 Å². The molecular weight excluding hydrogens is 272 g/mol. The number of carbonyl (C=O) groups is 2. The number of rotatable bonds is 7. The van der Waals surface area contributed by atoms with E-state index in [2.05, 4.69) is 5.32 Å². The van der Waals surface area contributed by atoms with Crippen molar-refractivity contribution in [3.05, 3.63) is 29.8 Å². The Morgan fingerprint density at radius 1 is 1.20 bits per heavy atom. The number of carbonyl (C=O) groups excluding carboxylic acids is 2. The van der Waals surface area contributed by atoms with E-state index >= 15 is 0 Å². The van der Waals surface area contributed by atoms with Crippen molar-refractivity contribution in [2.24, 2.45) is 0 Å². The highest BCUT2D eigenvalue weighted by atomic mass is 32.2. The van der Waals surface area contributed by atoms with Crippen molar-refractivity contribution in [2.75, 3.05) is 29.9 Å². The maximum Gasteiger partial charge on any atom is 0.234 e. The van der Waals surface area contributed by atoms with E-state index in [1.54, 1.807) is 4.90 Å². The van der Waals surface area contributed by atoms with Gasteiger partial charge in [0.15, 0.2) is 0 Å². The van der Waals surface area contributed by atoms with Crippen molar-refractivity contribution in [1.82, 2.24) is 4.90 Å². The molecule has 110 valence electrons. The van der Waals surface area contributed by atoms with Gasteiger partial charge in [0.1, 0.15) is 0 Å². The SMILES string of the molecule is CCN(CC)C(=O)CSCC(=O)Nc1cccc(C)c1. The smallest absolute Gasteiger partial charge is 0.234 e. The number of aryl methyl sites for hydroxylation is 1. The molecule has 0 heterocycles. The number of hydrogen-bond donors (Lipinski definition) is 1. The fraction of sp³-hybridized carbons (Fsp3) is 0.467. The summed E-state index contributed by atoms with van der Waals surface area (Å²) in [5.74, 6) is 0.653. The van der Waals surface area contributed by atoms with Crippen LogP contribution in [-0.4, -0.2) is 41.3 Å². The van der Waals surface area contributed by atoms with Crippen molar-refractivity contribution in [3.8, 4) is 0 Å². The van der Waals surface area contributed by atoms with Gasteiger partial charge in [0.05, 0.1) is 11.5 Å². The lowest BCUT2D eigenvalue weighted by molar-refractivity contribution is -0.127. The van der Waals surface area contributed by atoms with Gasteiger partial charge in [-0.1, -0.05) is 12.1 Å². The van der Waals surface area contributed by atoms with Gasteiger partial charge in [0.25, 0.3) is 0 Å². The number of anilines is 1. The van der Waals surface area contributed by atoms with E-state index in [1.165, 1.54) is 11.8 Å². The fourth-order valence-corrected chi connectivity index (χ4v) is 2.54. The average molecular weight is 294 g/mol. The normalized spacial score (nSPS) is 10.2. The fourth-order valence-electron chi connectivity index (χ4n) is 1.82. The van der Waals surface area contributed by atoms with Crippen molar-refractivity contribution < 1.29 is 9.59 Å². The van der Waals surface area contributed by atoms with Crippen LogP contribution in [0.2, 0.25) is 0 Å². The molecule has 1 rings (SSSR count). The molecular formula is C15H22N2O2S. The first-order chi connectivity index (χ1) is 9.56. The molecule has 2 amide bonds. The Balaban J connectivity index is 2.32. The summed E-state index contributed by atoms with van der Waals surface area (Å²) in [6.07, 6.45) is 0. The minimum atomic E-state index is -0.0760. The van der Waals surface area contributed by atoms with Gasteiger partial charge >= 0.3 is 0 Å². The molecule has 0 radical (unpaired) electrons. The van der Waals surface area contributed by atoms with Gasteiger partial charge in [-0.05, 0) is 38.5 Å². The largest absolute Gasteiger partial charge is 0.343 e. The zero-order valence-electron chi connectivity index (χ0n) is 12.3. The Kier molecular flexibility index (Phi) is 7.15. The summed E-state index contributed by atoms with van der Waals surface area (Å²) < 4.78 is 0. The maximum absolute atomic E-state index is 11.8. The Morgan fingerprint density at radius 3 is 2.50 bits per heavy atom. The summed E-state index contributed by atoms with van der Waals surface area (Å²) in [6, 6.07) is 7.66. The molecule has 5 heteroatoms. The zero-order valence-corrected chi connectivity index (χ0v) is 13.1. The molecule has 4 nitrogen and oxygen atoms in total. The number of nitrogens with one attached hydrogen (secondary N) is 1. The van der Waals surface area contributed by atoms with E-state index in [4.69, 9.17) is 0 Å². The standard InChI is InChI=1S/C15H22N2O2S/c1-4-17(5-2)15(19)11-20-10-14(18)16-13-8-6-7-12(3)9-13/h6-9H,4-5,10-11H2,1-3H3,(H,16,18). The molecule has 0 aliphatic rings. The summed E-state index contributed by atoms with van der Waals surface area (Å²) in [5.41, 5.74) is 1.90. The molecule has 1 N–H and O–H groups in total. The van der Waals surface area contributed by atoms with Gasteiger partial charge in [-0.3, -0.25) is 9.59 Å². The Hall–Kier alpha value is -1.49. The van der Waals surface area contributed by atoms with Crippen molar-refractivity contribution in [1.29, 1.82) is 0 Å². The van der Waals surface area contributed by atoms with E-state index < -0.39 is 0 Å². The quantitative estimate of drug-likeness (QED) is 0.840. The van der Waals surface area contributed by atoms with Crippen LogP contribution < -0.4 is 5.32 Å². The van der Waals surface area contributed by atoms with E-state index in [0.717, 1.165) is 11.3 Å². The van der Waals surface area contributed by atoms with Crippen LogP contribution in [0.15, 0.2) is 24.3 Å². The highest BCUT2D eigenvalue weighted by Gasteiger charge is 2.10. The van der Waals surface area contributed by atoms with Crippen molar-refractivity contribution in [2.45, 2.75) is 20.8 Å². The number of hydrogen-bond acceptors (Lipinski definition) is 3. The summed E-state index contributed by atoms with van der Waals surface area (Å²) in [6.45, 7) is 7.32. The molecule has 0 aliphatic carbocycles. The lowest BCUT2D eigenvalue weighted by atomic mass is 10.2. The Morgan fingerprint density at radius 2 is 1.90 bits per heavy atom. The molecule has 0 saturated heterocycles. The molecule has 0 fully saturated rings. The first-order valence-electron chi connectivity index (χ1n) is 6.78. The summed E-state index contributed by atoms with van der Waals surface area (Å²) >= 11 is 1.35. The van der Waals surface area contributed by atoms with Gasteiger partial charge in [0.2, 0.25) is 11.8 Å². The van der Waals surface area contributed by atoms with E-state index in [0.29, 0.717) is 24.6 Å². The molecule has 0 aliphatic heterocycles. The predicted octanol–water partition coefficient (Wildman–Crippen LogP) is 2.54. The van der Waals surface area contributed by atoms with Crippen molar-refractivity contribution >= 4 is 29.3 Å². The monoisotopic (exact) mass is 294 g/mol. The van der Waals surface area contributed by atoms with Gasteiger partial charge in [-0.2, -0.15) is 0 Å². The van der Waals surface area contributed by atoms with Gasteiger partial charge in [-0.15, -0.1) is 11.8 Å². The molecule has 1 aromatic carbocycles. The third-order valence-corrected chi connectivity index (χ3v) is 3.79. The lowest BCUT2D eigenvalue weighted by Gasteiger charge is -2.18. The summed E-state index contributed by atoms with van der Waals surface area (Å²) in [7, 11) is 0. The van der Waals surface area contributed by atoms with Crippen LogP contribution in [0.25, 0.3) is 0 Å². The zero-order chi connectivity index (χ0) is 15.0. The van der Waals surface area contributed by atoms with Gasteiger partial charge in [0, 0.05) is 18.8 Å². The van der Waals surface area contributed by atoms with Crippen LogP contribution in [0, 0.1) is 6.92 Å². The number of thioether (sulfide) groups is 1. The Labute approximate surface area is 124 Å². The highest BCUT2D eigenvalue weighted by molar-refractivity contribution is 8.00. The molecule has 0 spiro atoms. The van der Waals surface area contributed by atoms with E-state index in [1.807, 2.05) is 45.0 Å². The van der Waals surface area contributed by atoms with Crippen LogP contribution >= 0.6 is 11.8 Å². The van der Waals surface area contributed by atoms with Crippen LogP contribution in [0.1, 0.15) is 19.4 Å². The molecule has 0 atom stereocenters. The number of amides is 2. The maximum atomic E-state index is 11.8. The van der Waals surface area contributed by atoms with Crippen LogP contribution in [-0.2, 0) is 9.59 Å². The van der Waals surface area contributed by atoms with Crippen LogP contribution in [0.4, 0.5) is 5.69 Å². The highest BCUT2D eigenvalue weighted by Crippen LogP contribution is 2.10. The third kappa shape index (κ3) is 5.65. The van der Waals surface area contributed by atoms with Crippen molar-refractivity contribution in [3.63, 3.8) is 0 Å². The summed E-state index contributed by atoms with van der Waals surface area (Å²) in [5, 5.41) is 2.83. The van der Waals surface area contributed by atoms with Crippen LogP contribution in [0.5, 0.6) is 0 Å². The second-order valence-electron chi connectivity index (χ2n) is 4.48. The summed E-state index contributed by atoms with van der Waals surface area (Å²) in [4.78, 5) is 25.3. The first kappa shape index (κ1) is 16.6. The molecule has 0 unspecified atom stereocenters. The second-order valence-corrected chi connectivity index (χ2v) is 5.46. The average Bonchev–Trinajstić information content (AvgIpc) is 2.40. The minimum absolute atomic E-state index is 0.0760. The molecule has 20 heavy (non-hydrogen) atoms. The van der Waals surface area contributed by atoms with Gasteiger partial charge < -0.3 is 10.2 Å². The second kappa shape index (κ2) is 8.64. The first-order valence-corrected chi connectivity index (χ1v) is 7.94. The van der Waals surface area contributed by atoms with Gasteiger partial charge in [-0.25, -0.2) is 0 Å². The molecule has 1 aromatic rings. The minimum Gasteiger partial charge on any atom is -0.343 e. The third-order valence-electron chi connectivity index (χ3n) is 2.88. The topological polar surface area (TPSA) is 49.4 Å². The Bertz CT molecular complexity index is 459. The predicted molar refractivity (Wildman–Crippen MR) is 85.1 cm³/mol.